The largest absolute Gasteiger partial charge is 0.370 e. The standard InChI is InChI=1S/C14H25N5O/c1-6-11-12(15-7-2)16-8-17-13(11)19-10(5)14(20)18-9(3)4/h8-10H,6-7H2,1-5H3,(H,18,20)(H2,15,16,17,19). The summed E-state index contributed by atoms with van der Waals surface area (Å²) in [5, 5.41) is 9.25. The van der Waals surface area contributed by atoms with Crippen molar-refractivity contribution in [3.63, 3.8) is 0 Å². The molecule has 1 amide bonds. The molecule has 0 aliphatic rings. The van der Waals surface area contributed by atoms with Gasteiger partial charge in [0.05, 0.1) is 0 Å². The van der Waals surface area contributed by atoms with Crippen LogP contribution in [0.15, 0.2) is 6.33 Å². The van der Waals surface area contributed by atoms with Crippen molar-refractivity contribution in [2.45, 2.75) is 53.1 Å². The Morgan fingerprint density at radius 3 is 2.40 bits per heavy atom. The fourth-order valence-corrected chi connectivity index (χ4v) is 1.87. The van der Waals surface area contributed by atoms with Gasteiger partial charge in [0.1, 0.15) is 24.0 Å². The number of nitrogens with one attached hydrogen (secondary N) is 3. The topological polar surface area (TPSA) is 78.9 Å². The summed E-state index contributed by atoms with van der Waals surface area (Å²) in [6.07, 6.45) is 2.30. The Morgan fingerprint density at radius 2 is 1.85 bits per heavy atom. The van der Waals surface area contributed by atoms with Crippen LogP contribution in [0.25, 0.3) is 0 Å². The highest BCUT2D eigenvalue weighted by Crippen LogP contribution is 2.20. The monoisotopic (exact) mass is 279 g/mol. The lowest BCUT2D eigenvalue weighted by Gasteiger charge is -2.19. The second kappa shape index (κ2) is 7.67. The molecule has 0 aliphatic carbocycles. The summed E-state index contributed by atoms with van der Waals surface area (Å²) in [6.45, 7) is 10.6. The van der Waals surface area contributed by atoms with E-state index in [2.05, 4.69) is 25.9 Å². The fraction of sp³-hybridized carbons (Fsp3) is 0.643. The van der Waals surface area contributed by atoms with Crippen LogP contribution in [0, 0.1) is 0 Å². The van der Waals surface area contributed by atoms with Crippen LogP contribution in [0.5, 0.6) is 0 Å². The molecule has 1 unspecified atom stereocenters. The van der Waals surface area contributed by atoms with Gasteiger partial charge in [-0.3, -0.25) is 4.79 Å². The quantitative estimate of drug-likeness (QED) is 0.709. The smallest absolute Gasteiger partial charge is 0.242 e. The minimum atomic E-state index is -0.341. The molecule has 1 aromatic rings. The average molecular weight is 279 g/mol. The summed E-state index contributed by atoms with van der Waals surface area (Å²) in [5.41, 5.74) is 0.999. The molecule has 112 valence electrons. The van der Waals surface area contributed by atoms with E-state index in [1.807, 2.05) is 34.6 Å². The van der Waals surface area contributed by atoms with Gasteiger partial charge in [-0.1, -0.05) is 6.92 Å². The lowest BCUT2D eigenvalue weighted by Crippen LogP contribution is -2.41. The maximum atomic E-state index is 11.9. The molecule has 6 heteroatoms. The van der Waals surface area contributed by atoms with E-state index in [-0.39, 0.29) is 18.0 Å². The minimum Gasteiger partial charge on any atom is -0.370 e. The van der Waals surface area contributed by atoms with Gasteiger partial charge in [0.2, 0.25) is 5.91 Å². The van der Waals surface area contributed by atoms with E-state index in [9.17, 15) is 4.79 Å². The number of hydrogen-bond acceptors (Lipinski definition) is 5. The molecular weight excluding hydrogens is 254 g/mol. The zero-order chi connectivity index (χ0) is 15.1. The lowest BCUT2D eigenvalue weighted by atomic mass is 10.2. The predicted octanol–water partition coefficient (Wildman–Crippen LogP) is 1.80. The van der Waals surface area contributed by atoms with Gasteiger partial charge < -0.3 is 16.0 Å². The van der Waals surface area contributed by atoms with Crippen LogP contribution in [-0.2, 0) is 11.2 Å². The summed E-state index contributed by atoms with van der Waals surface area (Å²) < 4.78 is 0. The van der Waals surface area contributed by atoms with Crippen molar-refractivity contribution in [2.24, 2.45) is 0 Å². The van der Waals surface area contributed by atoms with Gasteiger partial charge in [-0.15, -0.1) is 0 Å². The Hall–Kier alpha value is -1.85. The van der Waals surface area contributed by atoms with Crippen molar-refractivity contribution >= 4 is 17.5 Å². The van der Waals surface area contributed by atoms with Crippen molar-refractivity contribution in [1.29, 1.82) is 0 Å². The van der Waals surface area contributed by atoms with E-state index >= 15 is 0 Å². The van der Waals surface area contributed by atoms with Crippen molar-refractivity contribution < 1.29 is 4.79 Å². The van der Waals surface area contributed by atoms with Crippen molar-refractivity contribution in [3.8, 4) is 0 Å². The summed E-state index contributed by atoms with van der Waals surface area (Å²) in [4.78, 5) is 20.4. The molecule has 0 bridgehead atoms. The molecule has 3 N–H and O–H groups in total. The molecule has 6 nitrogen and oxygen atoms in total. The molecule has 0 fully saturated rings. The molecular formula is C14H25N5O. The lowest BCUT2D eigenvalue weighted by molar-refractivity contribution is -0.122. The Morgan fingerprint density at radius 1 is 1.20 bits per heavy atom. The van der Waals surface area contributed by atoms with Crippen LogP contribution >= 0.6 is 0 Å². The Labute approximate surface area is 120 Å². The van der Waals surface area contributed by atoms with Crippen molar-refractivity contribution in [2.75, 3.05) is 17.2 Å². The van der Waals surface area contributed by atoms with E-state index < -0.39 is 0 Å². The maximum absolute atomic E-state index is 11.9. The van der Waals surface area contributed by atoms with E-state index in [0.717, 1.165) is 24.3 Å². The fourth-order valence-electron chi connectivity index (χ4n) is 1.87. The molecule has 0 aliphatic heterocycles. The molecule has 0 saturated carbocycles. The summed E-state index contributed by atoms with van der Waals surface area (Å²) in [6, 6.07) is -0.216. The number of hydrogen-bond donors (Lipinski definition) is 3. The molecule has 0 radical (unpaired) electrons. The molecule has 1 aromatic heterocycles. The number of amides is 1. The normalized spacial score (nSPS) is 12.1. The van der Waals surface area contributed by atoms with Gasteiger partial charge in [-0.05, 0) is 34.1 Å². The highest BCUT2D eigenvalue weighted by atomic mass is 16.2. The van der Waals surface area contributed by atoms with E-state index in [0.29, 0.717) is 5.82 Å². The summed E-state index contributed by atoms with van der Waals surface area (Å²) in [5.74, 6) is 1.50. The zero-order valence-electron chi connectivity index (χ0n) is 12.9. The van der Waals surface area contributed by atoms with Crippen LogP contribution in [0.3, 0.4) is 0 Å². The minimum absolute atomic E-state index is 0.0364. The first-order valence-corrected chi connectivity index (χ1v) is 7.14. The SMILES string of the molecule is CCNc1ncnc(NC(C)C(=O)NC(C)C)c1CC. The molecule has 0 saturated heterocycles. The third-order valence-electron chi connectivity index (χ3n) is 2.82. The predicted molar refractivity (Wildman–Crippen MR) is 81.9 cm³/mol. The van der Waals surface area contributed by atoms with Gasteiger partial charge in [-0.2, -0.15) is 0 Å². The second-order valence-corrected chi connectivity index (χ2v) is 4.96. The molecule has 0 aromatic carbocycles. The van der Waals surface area contributed by atoms with Gasteiger partial charge in [0.15, 0.2) is 0 Å². The maximum Gasteiger partial charge on any atom is 0.242 e. The third kappa shape index (κ3) is 4.36. The van der Waals surface area contributed by atoms with Gasteiger partial charge in [0.25, 0.3) is 0 Å². The number of carbonyl (C=O) groups excluding carboxylic acids is 1. The number of aromatic nitrogens is 2. The summed E-state index contributed by atoms with van der Waals surface area (Å²) in [7, 11) is 0. The Balaban J connectivity index is 2.86. The van der Waals surface area contributed by atoms with Crippen LogP contribution in [0.4, 0.5) is 11.6 Å². The molecule has 20 heavy (non-hydrogen) atoms. The van der Waals surface area contributed by atoms with Crippen LogP contribution < -0.4 is 16.0 Å². The van der Waals surface area contributed by atoms with Gasteiger partial charge >= 0.3 is 0 Å². The Kier molecular flexibility index (Phi) is 6.21. The van der Waals surface area contributed by atoms with Crippen molar-refractivity contribution in [3.05, 3.63) is 11.9 Å². The second-order valence-electron chi connectivity index (χ2n) is 4.96. The van der Waals surface area contributed by atoms with Gasteiger partial charge in [-0.25, -0.2) is 9.97 Å². The van der Waals surface area contributed by atoms with Crippen LogP contribution in [0.2, 0.25) is 0 Å². The van der Waals surface area contributed by atoms with Crippen molar-refractivity contribution in [1.82, 2.24) is 15.3 Å². The van der Waals surface area contributed by atoms with E-state index in [4.69, 9.17) is 0 Å². The van der Waals surface area contributed by atoms with E-state index in [1.54, 1.807) is 0 Å². The highest BCUT2D eigenvalue weighted by Gasteiger charge is 2.17. The summed E-state index contributed by atoms with van der Waals surface area (Å²) >= 11 is 0. The molecule has 0 spiro atoms. The first-order chi connectivity index (χ1) is 9.49. The molecule has 1 atom stereocenters. The van der Waals surface area contributed by atoms with Crippen LogP contribution in [-0.4, -0.2) is 34.5 Å². The van der Waals surface area contributed by atoms with E-state index in [1.165, 1.54) is 6.33 Å². The van der Waals surface area contributed by atoms with Gasteiger partial charge in [0, 0.05) is 18.2 Å². The first kappa shape index (κ1) is 16.2. The molecule has 1 rings (SSSR count). The highest BCUT2D eigenvalue weighted by molar-refractivity contribution is 5.84. The van der Waals surface area contributed by atoms with Crippen LogP contribution in [0.1, 0.15) is 40.2 Å². The number of nitrogens with zero attached hydrogens (tertiary/aromatic N) is 2. The number of anilines is 2. The zero-order valence-corrected chi connectivity index (χ0v) is 12.9. The average Bonchev–Trinajstić information content (AvgIpc) is 2.38. The molecule has 1 heterocycles. The number of carbonyl (C=O) groups is 1. The number of rotatable bonds is 7. The Bertz CT molecular complexity index is 447. The third-order valence-corrected chi connectivity index (χ3v) is 2.82. The first-order valence-electron chi connectivity index (χ1n) is 7.14.